The second-order valence-corrected chi connectivity index (χ2v) is 1.97. The molecule has 0 aliphatic carbocycles. The van der Waals surface area contributed by atoms with Crippen LogP contribution in [-0.4, -0.2) is 12.6 Å². The van der Waals surface area contributed by atoms with E-state index in [1.165, 1.54) is 6.92 Å². The maximum atomic E-state index is 10.2. The molecule has 0 atom stereocenters. The first-order valence-corrected chi connectivity index (χ1v) is 3.42. The number of hydrogen-bond donors (Lipinski definition) is 0. The highest BCUT2D eigenvalue weighted by molar-refractivity contribution is 5.65. The van der Waals surface area contributed by atoms with Crippen molar-refractivity contribution in [3.05, 3.63) is 12.2 Å². The highest BCUT2D eigenvalue weighted by atomic mass is 16.5. The van der Waals surface area contributed by atoms with E-state index in [0.29, 0.717) is 13.0 Å². The van der Waals surface area contributed by atoms with Gasteiger partial charge < -0.3 is 4.74 Å². The van der Waals surface area contributed by atoms with Gasteiger partial charge in [0.15, 0.2) is 0 Å². The predicted molar refractivity (Wildman–Crippen MR) is 40.6 cm³/mol. The summed E-state index contributed by atoms with van der Waals surface area (Å²) in [6.07, 6.45) is 4.79. The Labute approximate surface area is 66.3 Å². The number of rotatable bonds is 4. The molecule has 0 saturated carbocycles. The molecule has 0 N–H and O–H groups in total. The van der Waals surface area contributed by atoms with Gasteiger partial charge in [-0.15, -0.1) is 0 Å². The maximum Gasteiger partial charge on any atom is 0.302 e. The summed E-state index contributed by atoms with van der Waals surface area (Å²) in [5.74, 6) is -0.282. The van der Waals surface area contributed by atoms with E-state index in [-0.39, 0.29) is 5.97 Å². The van der Waals surface area contributed by atoms with Gasteiger partial charge in [0.05, 0.1) is 6.07 Å². The number of nitrogens with zero attached hydrogens (tertiary/aromatic N) is 1. The molecule has 11 heavy (non-hydrogen) atoms. The number of allylic oxidation sites excluding steroid dienone is 1. The van der Waals surface area contributed by atoms with Gasteiger partial charge in [-0.05, 0) is 6.42 Å². The van der Waals surface area contributed by atoms with E-state index in [0.717, 1.165) is 6.42 Å². The van der Waals surface area contributed by atoms with Crippen LogP contribution in [0.1, 0.15) is 19.8 Å². The molecule has 0 amide bonds. The van der Waals surface area contributed by atoms with Crippen LogP contribution in [0.5, 0.6) is 0 Å². The van der Waals surface area contributed by atoms with Gasteiger partial charge in [-0.25, -0.2) is 0 Å². The van der Waals surface area contributed by atoms with Crippen molar-refractivity contribution in [3.8, 4) is 6.07 Å². The average molecular weight is 153 g/mol. The van der Waals surface area contributed by atoms with Gasteiger partial charge in [-0.1, -0.05) is 12.2 Å². The molecular formula is C8H11NO2. The number of carbonyl (C=O) groups excluding carboxylic acids is 1. The van der Waals surface area contributed by atoms with Crippen LogP contribution in [0.25, 0.3) is 0 Å². The first kappa shape index (κ1) is 9.70. The van der Waals surface area contributed by atoms with Crippen LogP contribution in [0.15, 0.2) is 12.2 Å². The lowest BCUT2D eigenvalue weighted by Gasteiger charge is -1.93. The van der Waals surface area contributed by atoms with Gasteiger partial charge in [0.2, 0.25) is 0 Å². The predicted octanol–water partition coefficient (Wildman–Crippen LogP) is 1.41. The largest absolute Gasteiger partial charge is 0.462 e. The number of unbranched alkanes of at least 4 members (excludes halogenated alkanes) is 1. The van der Waals surface area contributed by atoms with Crippen molar-refractivity contribution in [3.63, 3.8) is 0 Å². The molecule has 0 bridgehead atoms. The van der Waals surface area contributed by atoms with Crippen molar-refractivity contribution in [2.45, 2.75) is 19.8 Å². The minimum absolute atomic E-state index is 0.282. The van der Waals surface area contributed by atoms with Gasteiger partial charge >= 0.3 is 5.97 Å². The zero-order valence-corrected chi connectivity index (χ0v) is 6.54. The summed E-state index contributed by atoms with van der Waals surface area (Å²) in [5, 5.41) is 8.14. The molecule has 0 radical (unpaired) electrons. The van der Waals surface area contributed by atoms with E-state index in [1.54, 1.807) is 6.08 Å². The Bertz CT molecular complexity index is 179. The summed E-state index contributed by atoms with van der Waals surface area (Å²) < 4.78 is 4.61. The number of ether oxygens (including phenoxy) is 1. The van der Waals surface area contributed by atoms with E-state index >= 15 is 0 Å². The Morgan fingerprint density at radius 2 is 2.36 bits per heavy atom. The summed E-state index contributed by atoms with van der Waals surface area (Å²) in [7, 11) is 0. The highest BCUT2D eigenvalue weighted by Gasteiger charge is 1.85. The van der Waals surface area contributed by atoms with Gasteiger partial charge in [0, 0.05) is 13.3 Å². The molecule has 0 aliphatic heterocycles. The van der Waals surface area contributed by atoms with Crippen LogP contribution < -0.4 is 0 Å². The summed E-state index contributed by atoms with van der Waals surface area (Å²) in [6.45, 7) is 1.67. The van der Waals surface area contributed by atoms with Gasteiger partial charge in [-0.3, -0.25) is 4.79 Å². The van der Waals surface area contributed by atoms with Crippen molar-refractivity contribution >= 4 is 5.97 Å². The molecular weight excluding hydrogens is 142 g/mol. The SMILES string of the molecule is CC(=O)OC/C=C/CCC#N. The van der Waals surface area contributed by atoms with Crippen molar-refractivity contribution in [1.82, 2.24) is 0 Å². The number of esters is 1. The van der Waals surface area contributed by atoms with E-state index in [2.05, 4.69) is 4.74 Å². The molecule has 0 saturated heterocycles. The minimum Gasteiger partial charge on any atom is -0.462 e. The Balaban J connectivity index is 3.18. The molecule has 0 aromatic carbocycles. The van der Waals surface area contributed by atoms with Gasteiger partial charge in [-0.2, -0.15) is 5.26 Å². The van der Waals surface area contributed by atoms with Crippen LogP contribution in [0, 0.1) is 11.3 Å². The van der Waals surface area contributed by atoms with E-state index in [9.17, 15) is 4.79 Å². The van der Waals surface area contributed by atoms with Crippen molar-refractivity contribution < 1.29 is 9.53 Å². The van der Waals surface area contributed by atoms with Gasteiger partial charge in [0.25, 0.3) is 0 Å². The Morgan fingerprint density at radius 1 is 1.64 bits per heavy atom. The van der Waals surface area contributed by atoms with Crippen LogP contribution in [0.3, 0.4) is 0 Å². The molecule has 0 aliphatic rings. The zero-order valence-electron chi connectivity index (χ0n) is 6.54. The molecule has 0 spiro atoms. The number of hydrogen-bond acceptors (Lipinski definition) is 3. The fraction of sp³-hybridized carbons (Fsp3) is 0.500. The summed E-state index contributed by atoms with van der Waals surface area (Å²) in [5.41, 5.74) is 0. The summed E-state index contributed by atoms with van der Waals surface area (Å²) >= 11 is 0. The zero-order chi connectivity index (χ0) is 8.53. The Morgan fingerprint density at radius 3 is 2.91 bits per heavy atom. The fourth-order valence-corrected chi connectivity index (χ4v) is 0.499. The van der Waals surface area contributed by atoms with Crippen LogP contribution in [0.4, 0.5) is 0 Å². The summed E-state index contributed by atoms with van der Waals surface area (Å²) in [4.78, 5) is 10.2. The third-order valence-corrected chi connectivity index (χ3v) is 0.972. The lowest BCUT2D eigenvalue weighted by atomic mass is 10.3. The topological polar surface area (TPSA) is 50.1 Å². The molecule has 0 heterocycles. The number of nitriles is 1. The second kappa shape index (κ2) is 6.81. The van der Waals surface area contributed by atoms with Crippen molar-refractivity contribution in [2.75, 3.05) is 6.61 Å². The highest BCUT2D eigenvalue weighted by Crippen LogP contribution is 1.88. The first-order valence-electron chi connectivity index (χ1n) is 3.42. The molecule has 0 aromatic heterocycles. The normalized spacial score (nSPS) is 9.45. The third-order valence-electron chi connectivity index (χ3n) is 0.972. The van der Waals surface area contributed by atoms with E-state index < -0.39 is 0 Å². The summed E-state index contributed by atoms with van der Waals surface area (Å²) in [6, 6.07) is 2.01. The van der Waals surface area contributed by atoms with E-state index in [1.807, 2.05) is 12.1 Å². The lowest BCUT2D eigenvalue weighted by Crippen LogP contribution is -1.97. The molecule has 0 rings (SSSR count). The van der Waals surface area contributed by atoms with Crippen molar-refractivity contribution in [1.29, 1.82) is 5.26 Å². The quantitative estimate of drug-likeness (QED) is 0.348. The Hall–Kier alpha value is -1.30. The lowest BCUT2D eigenvalue weighted by molar-refractivity contribution is -0.139. The molecule has 3 heteroatoms. The monoisotopic (exact) mass is 153 g/mol. The number of carbonyl (C=O) groups is 1. The Kier molecular flexibility index (Phi) is 6.01. The molecule has 0 aromatic rings. The third kappa shape index (κ3) is 8.70. The van der Waals surface area contributed by atoms with Crippen LogP contribution >= 0.6 is 0 Å². The molecule has 60 valence electrons. The minimum atomic E-state index is -0.282. The van der Waals surface area contributed by atoms with Crippen LogP contribution in [-0.2, 0) is 9.53 Å². The molecule has 0 unspecified atom stereocenters. The van der Waals surface area contributed by atoms with E-state index in [4.69, 9.17) is 5.26 Å². The van der Waals surface area contributed by atoms with Crippen LogP contribution in [0.2, 0.25) is 0 Å². The average Bonchev–Trinajstić information content (AvgIpc) is 1.96. The fourth-order valence-electron chi connectivity index (χ4n) is 0.499. The first-order chi connectivity index (χ1) is 5.27. The molecule has 3 nitrogen and oxygen atoms in total. The van der Waals surface area contributed by atoms with Crippen molar-refractivity contribution in [2.24, 2.45) is 0 Å². The maximum absolute atomic E-state index is 10.2. The molecule has 0 fully saturated rings. The smallest absolute Gasteiger partial charge is 0.302 e. The second-order valence-electron chi connectivity index (χ2n) is 1.97. The standard InChI is InChI=1S/C8H11NO2/c1-8(10)11-7-5-3-2-4-6-9/h3,5H,2,4,7H2,1H3/b5-3+. The van der Waals surface area contributed by atoms with Gasteiger partial charge in [0.1, 0.15) is 6.61 Å².